The Morgan fingerprint density at radius 3 is 2.56 bits per heavy atom. The fourth-order valence-electron chi connectivity index (χ4n) is 1.77. The van der Waals surface area contributed by atoms with Gasteiger partial charge in [-0.25, -0.2) is 0 Å². The zero-order valence-corrected chi connectivity index (χ0v) is 13.1. The van der Waals surface area contributed by atoms with Crippen molar-refractivity contribution in [1.29, 1.82) is 0 Å². The minimum absolute atomic E-state index is 0.0798. The molecule has 4 heteroatoms. The first-order chi connectivity index (χ1) is 8.43. The van der Waals surface area contributed by atoms with Gasteiger partial charge in [-0.2, -0.15) is 0 Å². The highest BCUT2D eigenvalue weighted by Crippen LogP contribution is 2.29. The predicted octanol–water partition coefficient (Wildman–Crippen LogP) is 3.06. The van der Waals surface area contributed by atoms with Crippen molar-refractivity contribution < 1.29 is 9.47 Å². The molecular formula is C14H22BrNO2. The third kappa shape index (κ3) is 4.59. The maximum absolute atomic E-state index is 5.88. The van der Waals surface area contributed by atoms with Gasteiger partial charge < -0.3 is 15.2 Å². The van der Waals surface area contributed by atoms with Crippen LogP contribution < -0.4 is 10.5 Å². The maximum atomic E-state index is 5.88. The number of aryl methyl sites for hydroxylation is 1. The molecule has 1 aromatic rings. The van der Waals surface area contributed by atoms with Gasteiger partial charge >= 0.3 is 0 Å². The molecule has 2 atom stereocenters. The van der Waals surface area contributed by atoms with E-state index >= 15 is 0 Å². The molecule has 0 aliphatic rings. The SMILES string of the molecule is COC(C)COc1c(C)cc(Br)cc1CC(C)N. The molecule has 2 unspecified atom stereocenters. The van der Waals surface area contributed by atoms with Crippen molar-refractivity contribution in [3.63, 3.8) is 0 Å². The molecule has 0 radical (unpaired) electrons. The van der Waals surface area contributed by atoms with Crippen molar-refractivity contribution in [2.75, 3.05) is 13.7 Å². The number of rotatable bonds is 6. The summed E-state index contributed by atoms with van der Waals surface area (Å²) in [6.45, 7) is 6.57. The monoisotopic (exact) mass is 315 g/mol. The van der Waals surface area contributed by atoms with Crippen LogP contribution in [0.15, 0.2) is 16.6 Å². The molecule has 2 N–H and O–H groups in total. The van der Waals surface area contributed by atoms with Gasteiger partial charge in [-0.15, -0.1) is 0 Å². The summed E-state index contributed by atoms with van der Waals surface area (Å²) in [6, 6.07) is 4.24. The zero-order chi connectivity index (χ0) is 13.7. The molecule has 3 nitrogen and oxygen atoms in total. The van der Waals surface area contributed by atoms with Gasteiger partial charge in [-0.3, -0.25) is 0 Å². The second-order valence-electron chi connectivity index (χ2n) is 4.75. The number of methoxy groups -OCH3 is 1. The van der Waals surface area contributed by atoms with Crippen LogP contribution in [0, 0.1) is 6.92 Å². The van der Waals surface area contributed by atoms with Gasteiger partial charge in [0.05, 0.1) is 6.10 Å². The third-order valence-electron chi connectivity index (χ3n) is 2.72. The van der Waals surface area contributed by atoms with Crippen molar-refractivity contribution in [3.05, 3.63) is 27.7 Å². The van der Waals surface area contributed by atoms with Gasteiger partial charge in [0.1, 0.15) is 12.4 Å². The normalized spacial score (nSPS) is 14.3. The summed E-state index contributed by atoms with van der Waals surface area (Å²) in [5, 5.41) is 0. The van der Waals surface area contributed by atoms with E-state index in [-0.39, 0.29) is 12.1 Å². The van der Waals surface area contributed by atoms with E-state index in [0.29, 0.717) is 6.61 Å². The Bertz CT molecular complexity index is 394. The number of nitrogens with two attached hydrogens (primary N) is 1. The largest absolute Gasteiger partial charge is 0.490 e. The van der Waals surface area contributed by atoms with E-state index in [2.05, 4.69) is 28.1 Å². The first-order valence-corrected chi connectivity index (χ1v) is 6.93. The molecule has 0 aliphatic heterocycles. The molecule has 18 heavy (non-hydrogen) atoms. The van der Waals surface area contributed by atoms with Gasteiger partial charge in [0, 0.05) is 17.6 Å². The topological polar surface area (TPSA) is 44.5 Å². The first kappa shape index (κ1) is 15.5. The fraction of sp³-hybridized carbons (Fsp3) is 0.571. The number of ether oxygens (including phenoxy) is 2. The number of halogens is 1. The summed E-state index contributed by atoms with van der Waals surface area (Å²) in [5.74, 6) is 0.930. The number of benzene rings is 1. The lowest BCUT2D eigenvalue weighted by atomic mass is 10.0. The smallest absolute Gasteiger partial charge is 0.125 e. The molecule has 0 aromatic heterocycles. The van der Waals surface area contributed by atoms with Crippen LogP contribution in [0.5, 0.6) is 5.75 Å². The van der Waals surface area contributed by atoms with Gasteiger partial charge in [-0.1, -0.05) is 15.9 Å². The van der Waals surface area contributed by atoms with Crippen LogP contribution in [0.4, 0.5) is 0 Å². The lowest BCUT2D eigenvalue weighted by Crippen LogP contribution is -2.20. The number of hydrogen-bond donors (Lipinski definition) is 1. The molecule has 102 valence electrons. The minimum Gasteiger partial charge on any atom is -0.490 e. The second-order valence-corrected chi connectivity index (χ2v) is 5.67. The fourth-order valence-corrected chi connectivity index (χ4v) is 2.39. The molecular weight excluding hydrogens is 294 g/mol. The number of hydrogen-bond acceptors (Lipinski definition) is 3. The summed E-state index contributed by atoms with van der Waals surface area (Å²) in [7, 11) is 1.69. The highest BCUT2D eigenvalue weighted by atomic mass is 79.9. The molecule has 1 rings (SSSR count). The molecule has 0 fully saturated rings. The zero-order valence-electron chi connectivity index (χ0n) is 11.5. The van der Waals surface area contributed by atoms with Crippen molar-refractivity contribution in [2.24, 2.45) is 5.73 Å². The Labute approximate surface area is 118 Å². The van der Waals surface area contributed by atoms with Crippen molar-refractivity contribution in [3.8, 4) is 5.75 Å². The van der Waals surface area contributed by atoms with E-state index in [9.17, 15) is 0 Å². The summed E-state index contributed by atoms with van der Waals surface area (Å²) < 4.78 is 12.1. The Morgan fingerprint density at radius 2 is 2.00 bits per heavy atom. The summed E-state index contributed by atoms with van der Waals surface area (Å²) in [4.78, 5) is 0. The van der Waals surface area contributed by atoms with Crippen LogP contribution in [-0.4, -0.2) is 25.9 Å². The maximum Gasteiger partial charge on any atom is 0.125 e. The molecule has 0 heterocycles. The van der Waals surface area contributed by atoms with Crippen LogP contribution >= 0.6 is 15.9 Å². The third-order valence-corrected chi connectivity index (χ3v) is 3.18. The molecule has 1 aromatic carbocycles. The Kier molecular flexibility index (Phi) is 6.12. The lowest BCUT2D eigenvalue weighted by molar-refractivity contribution is 0.0710. The van der Waals surface area contributed by atoms with Gasteiger partial charge in [0.25, 0.3) is 0 Å². The van der Waals surface area contributed by atoms with Crippen molar-refractivity contribution >= 4 is 15.9 Å². The summed E-state index contributed by atoms with van der Waals surface area (Å²) in [6.07, 6.45) is 0.882. The predicted molar refractivity (Wildman–Crippen MR) is 78.2 cm³/mol. The Balaban J connectivity index is 2.92. The van der Waals surface area contributed by atoms with Gasteiger partial charge in [0.15, 0.2) is 0 Å². The van der Waals surface area contributed by atoms with E-state index in [1.54, 1.807) is 7.11 Å². The van der Waals surface area contributed by atoms with Crippen LogP contribution in [0.2, 0.25) is 0 Å². The average Bonchev–Trinajstić information content (AvgIpc) is 2.26. The van der Waals surface area contributed by atoms with E-state index in [1.807, 2.05) is 20.8 Å². The van der Waals surface area contributed by atoms with E-state index in [4.69, 9.17) is 15.2 Å². The standard InChI is InChI=1S/C14H22BrNO2/c1-9-5-13(15)7-12(6-10(2)16)14(9)18-8-11(3)17-4/h5,7,10-11H,6,8,16H2,1-4H3. The van der Waals surface area contributed by atoms with E-state index in [1.165, 1.54) is 0 Å². The van der Waals surface area contributed by atoms with Gasteiger partial charge in [-0.05, 0) is 50.5 Å². The highest BCUT2D eigenvalue weighted by molar-refractivity contribution is 9.10. The Morgan fingerprint density at radius 1 is 1.33 bits per heavy atom. The van der Waals surface area contributed by atoms with Crippen molar-refractivity contribution in [2.45, 2.75) is 39.3 Å². The van der Waals surface area contributed by atoms with Crippen LogP contribution in [0.1, 0.15) is 25.0 Å². The van der Waals surface area contributed by atoms with Gasteiger partial charge in [0.2, 0.25) is 0 Å². The molecule has 0 amide bonds. The van der Waals surface area contributed by atoms with Crippen molar-refractivity contribution in [1.82, 2.24) is 0 Å². The summed E-state index contributed by atoms with van der Waals surface area (Å²) in [5.41, 5.74) is 8.13. The minimum atomic E-state index is 0.0798. The lowest BCUT2D eigenvalue weighted by Gasteiger charge is -2.18. The molecule has 0 saturated heterocycles. The van der Waals surface area contributed by atoms with E-state index < -0.39 is 0 Å². The summed E-state index contributed by atoms with van der Waals surface area (Å²) >= 11 is 3.51. The molecule has 0 saturated carbocycles. The quantitative estimate of drug-likeness (QED) is 0.877. The second kappa shape index (κ2) is 7.12. The molecule has 0 bridgehead atoms. The first-order valence-electron chi connectivity index (χ1n) is 6.14. The van der Waals surface area contributed by atoms with Crippen LogP contribution in [-0.2, 0) is 11.2 Å². The van der Waals surface area contributed by atoms with Crippen LogP contribution in [0.3, 0.4) is 0 Å². The molecule has 0 aliphatic carbocycles. The average molecular weight is 316 g/mol. The van der Waals surface area contributed by atoms with E-state index in [0.717, 1.165) is 27.8 Å². The van der Waals surface area contributed by atoms with Crippen LogP contribution in [0.25, 0.3) is 0 Å². The molecule has 0 spiro atoms. The Hall–Kier alpha value is -0.580. The highest BCUT2D eigenvalue weighted by Gasteiger charge is 2.12.